The third-order valence-corrected chi connectivity index (χ3v) is 3.86. The summed E-state index contributed by atoms with van der Waals surface area (Å²) < 4.78 is 0. The quantitative estimate of drug-likeness (QED) is 0.741. The molecule has 1 aromatic rings. The molecule has 1 atom stereocenters. The summed E-state index contributed by atoms with van der Waals surface area (Å²) in [4.78, 5) is 22.4. The van der Waals surface area contributed by atoms with Crippen LogP contribution in [0, 0.1) is 0 Å². The van der Waals surface area contributed by atoms with E-state index >= 15 is 0 Å². The zero-order valence-electron chi connectivity index (χ0n) is 14.4. The molecule has 23 heavy (non-hydrogen) atoms. The summed E-state index contributed by atoms with van der Waals surface area (Å²) in [5, 5.41) is 0. The lowest BCUT2D eigenvalue weighted by Crippen LogP contribution is -2.13. The van der Waals surface area contributed by atoms with Gasteiger partial charge >= 0.3 is 0 Å². The third kappa shape index (κ3) is 7.38. The summed E-state index contributed by atoms with van der Waals surface area (Å²) in [6.07, 6.45) is 12.1. The van der Waals surface area contributed by atoms with Gasteiger partial charge in [-0.25, -0.2) is 0 Å². The maximum Gasteiger partial charge on any atom is 0.186 e. The predicted octanol–water partition coefficient (Wildman–Crippen LogP) is 4.71. The number of nitrogens with two attached hydrogens (primary N) is 1. The zero-order chi connectivity index (χ0) is 17.1. The van der Waals surface area contributed by atoms with Gasteiger partial charge in [-0.2, -0.15) is 0 Å². The van der Waals surface area contributed by atoms with E-state index in [0.29, 0.717) is 17.2 Å². The molecule has 1 unspecified atom stereocenters. The minimum absolute atomic E-state index is 0.0924. The van der Waals surface area contributed by atoms with Gasteiger partial charge in [0.1, 0.15) is 0 Å². The fourth-order valence-electron chi connectivity index (χ4n) is 2.49. The third-order valence-electron chi connectivity index (χ3n) is 3.86. The Balaban J connectivity index is 0.000000232. The topological polar surface area (TPSA) is 60.2 Å². The van der Waals surface area contributed by atoms with Crippen molar-refractivity contribution in [1.29, 1.82) is 0 Å². The van der Waals surface area contributed by atoms with E-state index in [-0.39, 0.29) is 11.6 Å². The van der Waals surface area contributed by atoms with Crippen molar-refractivity contribution in [2.75, 3.05) is 0 Å². The van der Waals surface area contributed by atoms with Gasteiger partial charge in [0.05, 0.1) is 0 Å². The molecular formula is C20H29NO2. The molecule has 0 saturated heterocycles. The molecule has 1 aliphatic rings. The number of ketones is 2. The van der Waals surface area contributed by atoms with Gasteiger partial charge in [0.25, 0.3) is 0 Å². The van der Waals surface area contributed by atoms with Gasteiger partial charge < -0.3 is 5.73 Å². The molecule has 3 nitrogen and oxygen atoms in total. The standard InChI is InChI=1S/C10H23N.C10H6O2/c1-3-4-5-6-7-8-9-10(2)11;11-9-5-6-10(12)8-4-2-1-3-7(8)9/h10H,3-9,11H2,1-2H3;1-6H. The summed E-state index contributed by atoms with van der Waals surface area (Å²) in [5.74, 6) is -0.185. The Hall–Kier alpha value is -1.74. The second-order valence-electron chi connectivity index (χ2n) is 6.14. The average molecular weight is 315 g/mol. The zero-order valence-corrected chi connectivity index (χ0v) is 14.4. The first-order chi connectivity index (χ1) is 11.1. The summed E-state index contributed by atoms with van der Waals surface area (Å²) >= 11 is 0. The number of unbranched alkanes of at least 4 members (excludes halogenated alkanes) is 5. The molecule has 0 aliphatic heterocycles. The Morgan fingerprint density at radius 2 is 1.35 bits per heavy atom. The second-order valence-corrected chi connectivity index (χ2v) is 6.14. The van der Waals surface area contributed by atoms with Gasteiger partial charge in [-0.3, -0.25) is 9.59 Å². The minimum Gasteiger partial charge on any atom is -0.328 e. The first-order valence-electron chi connectivity index (χ1n) is 8.67. The molecule has 0 bridgehead atoms. The van der Waals surface area contributed by atoms with Crippen LogP contribution < -0.4 is 5.73 Å². The van der Waals surface area contributed by atoms with E-state index in [4.69, 9.17) is 5.73 Å². The molecule has 2 rings (SSSR count). The Labute approximate surface area is 140 Å². The number of hydrogen-bond acceptors (Lipinski definition) is 3. The first-order valence-corrected chi connectivity index (χ1v) is 8.67. The summed E-state index contributed by atoms with van der Waals surface area (Å²) in [6, 6.07) is 7.24. The highest BCUT2D eigenvalue weighted by Crippen LogP contribution is 2.15. The number of carbonyl (C=O) groups excluding carboxylic acids is 2. The van der Waals surface area contributed by atoms with Gasteiger partial charge in [0, 0.05) is 17.2 Å². The second kappa shape index (κ2) is 10.9. The van der Waals surface area contributed by atoms with Crippen LogP contribution >= 0.6 is 0 Å². The fourth-order valence-corrected chi connectivity index (χ4v) is 2.49. The molecule has 1 aliphatic carbocycles. The molecule has 0 amide bonds. The van der Waals surface area contributed by atoms with Crippen molar-refractivity contribution in [2.24, 2.45) is 5.73 Å². The van der Waals surface area contributed by atoms with Gasteiger partial charge in [-0.05, 0) is 25.5 Å². The maximum atomic E-state index is 11.2. The Bertz CT molecular complexity index is 495. The summed E-state index contributed by atoms with van der Waals surface area (Å²) in [5.41, 5.74) is 6.64. The highest BCUT2D eigenvalue weighted by molar-refractivity contribution is 6.21. The van der Waals surface area contributed by atoms with E-state index < -0.39 is 0 Å². The Morgan fingerprint density at radius 3 is 1.83 bits per heavy atom. The van der Waals surface area contributed by atoms with Crippen LogP contribution in [-0.2, 0) is 0 Å². The van der Waals surface area contributed by atoms with Crippen molar-refractivity contribution < 1.29 is 9.59 Å². The lowest BCUT2D eigenvalue weighted by atomic mass is 9.95. The van der Waals surface area contributed by atoms with E-state index in [0.717, 1.165) is 0 Å². The van der Waals surface area contributed by atoms with Crippen LogP contribution in [0.25, 0.3) is 0 Å². The van der Waals surface area contributed by atoms with Crippen LogP contribution in [0.15, 0.2) is 36.4 Å². The van der Waals surface area contributed by atoms with Crippen LogP contribution in [0.3, 0.4) is 0 Å². The molecule has 0 heterocycles. The smallest absolute Gasteiger partial charge is 0.186 e. The summed E-state index contributed by atoms with van der Waals surface area (Å²) in [6.45, 7) is 4.34. The Morgan fingerprint density at radius 1 is 0.870 bits per heavy atom. The van der Waals surface area contributed by atoms with Gasteiger partial charge in [-0.1, -0.05) is 69.7 Å². The number of allylic oxidation sites excluding steroid dienone is 2. The van der Waals surface area contributed by atoms with Crippen molar-refractivity contribution in [3.05, 3.63) is 47.5 Å². The van der Waals surface area contributed by atoms with Crippen LogP contribution in [0.2, 0.25) is 0 Å². The van der Waals surface area contributed by atoms with Crippen molar-refractivity contribution >= 4 is 11.6 Å². The van der Waals surface area contributed by atoms with Crippen LogP contribution in [0.1, 0.15) is 79.5 Å². The molecule has 0 spiro atoms. The SMILES string of the molecule is CCCCCCCCC(C)N.O=C1C=CC(=O)c2ccccc21. The molecule has 2 N–H and O–H groups in total. The maximum absolute atomic E-state index is 11.2. The molecule has 0 fully saturated rings. The lowest BCUT2D eigenvalue weighted by Gasteiger charge is -2.06. The van der Waals surface area contributed by atoms with E-state index in [1.165, 1.54) is 57.1 Å². The van der Waals surface area contributed by atoms with E-state index in [2.05, 4.69) is 13.8 Å². The lowest BCUT2D eigenvalue weighted by molar-refractivity contribution is 0.0994. The molecular weight excluding hydrogens is 286 g/mol. The van der Waals surface area contributed by atoms with Crippen molar-refractivity contribution in [1.82, 2.24) is 0 Å². The molecule has 0 saturated carbocycles. The van der Waals surface area contributed by atoms with E-state index in [9.17, 15) is 9.59 Å². The predicted molar refractivity (Wildman–Crippen MR) is 95.9 cm³/mol. The van der Waals surface area contributed by atoms with Crippen LogP contribution in [0.4, 0.5) is 0 Å². The summed E-state index contributed by atoms with van der Waals surface area (Å²) in [7, 11) is 0. The highest BCUT2D eigenvalue weighted by atomic mass is 16.1. The molecule has 0 radical (unpaired) electrons. The van der Waals surface area contributed by atoms with Crippen molar-refractivity contribution in [3.63, 3.8) is 0 Å². The molecule has 1 aromatic carbocycles. The van der Waals surface area contributed by atoms with E-state index in [1.54, 1.807) is 24.3 Å². The van der Waals surface area contributed by atoms with Crippen molar-refractivity contribution in [3.8, 4) is 0 Å². The largest absolute Gasteiger partial charge is 0.328 e. The van der Waals surface area contributed by atoms with Gasteiger partial charge in [0.2, 0.25) is 0 Å². The monoisotopic (exact) mass is 315 g/mol. The number of fused-ring (bicyclic) bond motifs is 1. The normalized spacial score (nSPS) is 14.0. The number of hydrogen-bond donors (Lipinski definition) is 1. The van der Waals surface area contributed by atoms with Crippen molar-refractivity contribution in [2.45, 2.75) is 64.8 Å². The number of rotatable bonds is 7. The van der Waals surface area contributed by atoms with Gasteiger partial charge in [0.15, 0.2) is 11.6 Å². The molecule has 3 heteroatoms. The minimum atomic E-state index is -0.0924. The molecule has 126 valence electrons. The van der Waals surface area contributed by atoms with Crippen LogP contribution in [0.5, 0.6) is 0 Å². The number of benzene rings is 1. The van der Waals surface area contributed by atoms with E-state index in [1.807, 2.05) is 0 Å². The number of carbonyl (C=O) groups is 2. The molecule has 0 aromatic heterocycles. The highest BCUT2D eigenvalue weighted by Gasteiger charge is 2.16. The first kappa shape index (κ1) is 19.3. The average Bonchev–Trinajstić information content (AvgIpc) is 2.55. The van der Waals surface area contributed by atoms with Gasteiger partial charge in [-0.15, -0.1) is 0 Å². The Kier molecular flexibility index (Phi) is 9.15. The van der Waals surface area contributed by atoms with Crippen LogP contribution in [-0.4, -0.2) is 17.6 Å². The fraction of sp³-hybridized carbons (Fsp3) is 0.500.